The Balaban J connectivity index is 2.02. The van der Waals surface area contributed by atoms with Gasteiger partial charge in [0.15, 0.2) is 0 Å². The molecule has 2 atom stereocenters. The minimum absolute atomic E-state index is 0.124. The predicted molar refractivity (Wildman–Crippen MR) is 82.0 cm³/mol. The molecule has 0 aliphatic heterocycles. The van der Waals surface area contributed by atoms with Gasteiger partial charge in [0.2, 0.25) is 0 Å². The van der Waals surface area contributed by atoms with E-state index >= 15 is 0 Å². The van der Waals surface area contributed by atoms with Crippen molar-refractivity contribution >= 4 is 0 Å². The second kappa shape index (κ2) is 6.98. The van der Waals surface area contributed by atoms with Crippen LogP contribution in [0, 0.1) is 5.92 Å². The van der Waals surface area contributed by atoms with Crippen LogP contribution in [0.3, 0.4) is 0 Å². The first kappa shape index (κ1) is 15.2. The van der Waals surface area contributed by atoms with Crippen LogP contribution in [0.2, 0.25) is 0 Å². The Labute approximate surface area is 122 Å². The first-order valence-corrected chi connectivity index (χ1v) is 7.89. The van der Waals surface area contributed by atoms with Crippen molar-refractivity contribution in [3.63, 3.8) is 0 Å². The molecular weight excluding hydrogens is 250 g/mol. The number of phenolic OH excluding ortho intramolecular Hbond substituents is 2. The molecule has 3 heteroatoms. The number of nitrogens with one attached hydrogen (secondary N) is 1. The lowest BCUT2D eigenvalue weighted by atomic mass is 9.82. The fourth-order valence-corrected chi connectivity index (χ4v) is 3.41. The molecule has 0 amide bonds. The van der Waals surface area contributed by atoms with Crippen LogP contribution in [0.1, 0.15) is 64.0 Å². The van der Waals surface area contributed by atoms with E-state index in [9.17, 15) is 10.2 Å². The maximum atomic E-state index is 9.60. The fraction of sp³-hybridized carbons (Fsp3) is 0.647. The van der Waals surface area contributed by atoms with Gasteiger partial charge in [0, 0.05) is 18.2 Å². The third kappa shape index (κ3) is 3.89. The van der Waals surface area contributed by atoms with E-state index in [2.05, 4.69) is 19.2 Å². The highest BCUT2D eigenvalue weighted by Gasteiger charge is 2.23. The minimum atomic E-state index is 0.124. The molecule has 1 aromatic rings. The summed E-state index contributed by atoms with van der Waals surface area (Å²) in [6.07, 6.45) is 7.85. The van der Waals surface area contributed by atoms with Gasteiger partial charge >= 0.3 is 0 Å². The van der Waals surface area contributed by atoms with Gasteiger partial charge in [-0.05, 0) is 49.8 Å². The third-order valence-corrected chi connectivity index (χ3v) is 4.55. The van der Waals surface area contributed by atoms with Gasteiger partial charge < -0.3 is 15.5 Å². The summed E-state index contributed by atoms with van der Waals surface area (Å²) >= 11 is 0. The van der Waals surface area contributed by atoms with Gasteiger partial charge in [0.1, 0.15) is 11.5 Å². The molecule has 3 N–H and O–H groups in total. The Hall–Kier alpha value is -1.22. The molecule has 1 aromatic carbocycles. The van der Waals surface area contributed by atoms with E-state index in [-0.39, 0.29) is 17.5 Å². The highest BCUT2D eigenvalue weighted by molar-refractivity contribution is 5.37. The Kier molecular flexibility index (Phi) is 5.30. The van der Waals surface area contributed by atoms with Gasteiger partial charge in [0.25, 0.3) is 0 Å². The van der Waals surface area contributed by atoms with Crippen LogP contribution >= 0.6 is 0 Å². The molecule has 0 heterocycles. The van der Waals surface area contributed by atoms with Gasteiger partial charge in [0.05, 0.1) is 0 Å². The lowest BCUT2D eigenvalue weighted by Crippen LogP contribution is -2.38. The van der Waals surface area contributed by atoms with Gasteiger partial charge in [-0.2, -0.15) is 0 Å². The zero-order chi connectivity index (χ0) is 14.5. The van der Waals surface area contributed by atoms with Gasteiger partial charge in [-0.15, -0.1) is 0 Å². The summed E-state index contributed by atoms with van der Waals surface area (Å²) < 4.78 is 0. The fourth-order valence-electron chi connectivity index (χ4n) is 3.41. The molecule has 2 rings (SSSR count). The van der Waals surface area contributed by atoms with Crippen molar-refractivity contribution in [1.29, 1.82) is 0 Å². The van der Waals surface area contributed by atoms with Crippen molar-refractivity contribution in [3.05, 3.63) is 23.8 Å². The van der Waals surface area contributed by atoms with Crippen LogP contribution < -0.4 is 5.32 Å². The van der Waals surface area contributed by atoms with Crippen LogP contribution in [0.5, 0.6) is 11.5 Å². The molecule has 0 bridgehead atoms. The molecule has 3 nitrogen and oxygen atoms in total. The van der Waals surface area contributed by atoms with E-state index in [0.717, 1.165) is 17.9 Å². The third-order valence-electron chi connectivity index (χ3n) is 4.55. The summed E-state index contributed by atoms with van der Waals surface area (Å²) in [5.74, 6) is 1.01. The molecule has 1 saturated carbocycles. The summed E-state index contributed by atoms with van der Waals surface area (Å²) in [7, 11) is 0. The lowest BCUT2D eigenvalue weighted by molar-refractivity contribution is 0.249. The molecule has 1 aliphatic rings. The van der Waals surface area contributed by atoms with E-state index < -0.39 is 0 Å². The van der Waals surface area contributed by atoms with E-state index in [1.165, 1.54) is 38.2 Å². The predicted octanol–water partition coefficient (Wildman–Crippen LogP) is 4.11. The number of rotatable bonds is 5. The van der Waals surface area contributed by atoms with Crippen molar-refractivity contribution in [3.8, 4) is 11.5 Å². The summed E-state index contributed by atoms with van der Waals surface area (Å²) in [6, 6.07) is 5.49. The molecular formula is C17H27NO2. The Bertz CT molecular complexity index is 407. The van der Waals surface area contributed by atoms with Crippen molar-refractivity contribution in [2.24, 2.45) is 5.92 Å². The topological polar surface area (TPSA) is 52.5 Å². The van der Waals surface area contributed by atoms with Gasteiger partial charge in [-0.25, -0.2) is 0 Å². The standard InChI is InChI=1S/C17H27NO2/c1-3-17(13-7-5-4-6-8-13)18-12(2)14-9-15(19)11-16(20)10-14/h9-13,17-20H,3-8H2,1-2H3. The number of hydrogen-bond acceptors (Lipinski definition) is 3. The monoisotopic (exact) mass is 277 g/mol. The molecule has 0 radical (unpaired) electrons. The van der Waals surface area contributed by atoms with Crippen LogP contribution in [-0.4, -0.2) is 16.3 Å². The van der Waals surface area contributed by atoms with Crippen molar-refractivity contribution in [2.75, 3.05) is 0 Å². The van der Waals surface area contributed by atoms with Gasteiger partial charge in [-0.1, -0.05) is 26.2 Å². The lowest BCUT2D eigenvalue weighted by Gasteiger charge is -2.32. The Morgan fingerprint density at radius 1 is 1.10 bits per heavy atom. The number of phenols is 2. The molecule has 0 saturated heterocycles. The second-order valence-corrected chi connectivity index (χ2v) is 6.08. The molecule has 0 aromatic heterocycles. The van der Waals surface area contributed by atoms with Gasteiger partial charge in [-0.3, -0.25) is 0 Å². The first-order chi connectivity index (χ1) is 9.60. The van der Waals surface area contributed by atoms with E-state index in [0.29, 0.717) is 6.04 Å². The summed E-state index contributed by atoms with van der Waals surface area (Å²) in [5.41, 5.74) is 0.941. The number of benzene rings is 1. The van der Waals surface area contributed by atoms with E-state index in [4.69, 9.17) is 0 Å². The zero-order valence-electron chi connectivity index (χ0n) is 12.6. The zero-order valence-corrected chi connectivity index (χ0v) is 12.6. The van der Waals surface area contributed by atoms with Crippen LogP contribution in [0.4, 0.5) is 0 Å². The average Bonchev–Trinajstić information content (AvgIpc) is 2.44. The largest absolute Gasteiger partial charge is 0.508 e. The summed E-state index contributed by atoms with van der Waals surface area (Å²) in [5, 5.41) is 22.9. The number of hydrogen-bond donors (Lipinski definition) is 3. The smallest absolute Gasteiger partial charge is 0.119 e. The summed E-state index contributed by atoms with van der Waals surface area (Å²) in [6.45, 7) is 4.33. The highest BCUT2D eigenvalue weighted by Crippen LogP contribution is 2.30. The van der Waals surface area contributed by atoms with Crippen LogP contribution in [0.25, 0.3) is 0 Å². The van der Waals surface area contributed by atoms with E-state index in [1.54, 1.807) is 12.1 Å². The number of aromatic hydroxyl groups is 2. The maximum Gasteiger partial charge on any atom is 0.119 e. The maximum absolute atomic E-state index is 9.60. The average molecular weight is 277 g/mol. The van der Waals surface area contributed by atoms with Crippen molar-refractivity contribution in [2.45, 2.75) is 64.5 Å². The second-order valence-electron chi connectivity index (χ2n) is 6.08. The SMILES string of the molecule is CCC(NC(C)c1cc(O)cc(O)c1)C1CCCCC1. The molecule has 20 heavy (non-hydrogen) atoms. The molecule has 0 spiro atoms. The molecule has 1 aliphatic carbocycles. The van der Waals surface area contributed by atoms with Crippen molar-refractivity contribution < 1.29 is 10.2 Å². The van der Waals surface area contributed by atoms with E-state index in [1.807, 2.05) is 0 Å². The normalized spacial score (nSPS) is 19.7. The summed E-state index contributed by atoms with van der Waals surface area (Å²) in [4.78, 5) is 0. The van der Waals surface area contributed by atoms with Crippen LogP contribution in [0.15, 0.2) is 18.2 Å². The minimum Gasteiger partial charge on any atom is -0.508 e. The Morgan fingerprint density at radius 3 is 2.25 bits per heavy atom. The van der Waals surface area contributed by atoms with Crippen LogP contribution in [-0.2, 0) is 0 Å². The van der Waals surface area contributed by atoms with Crippen molar-refractivity contribution in [1.82, 2.24) is 5.32 Å². The molecule has 1 fully saturated rings. The molecule has 2 unspecified atom stereocenters. The quantitative estimate of drug-likeness (QED) is 0.759. The Morgan fingerprint density at radius 2 is 1.70 bits per heavy atom. The first-order valence-electron chi connectivity index (χ1n) is 7.89. The molecule has 112 valence electrons. The highest BCUT2D eigenvalue weighted by atomic mass is 16.3.